The Morgan fingerprint density at radius 3 is 2.73 bits per heavy atom. The number of aromatic nitrogens is 3. The summed E-state index contributed by atoms with van der Waals surface area (Å²) >= 11 is 0.906. The number of hydrogen-bond acceptors (Lipinski definition) is 6. The van der Waals surface area contributed by atoms with Gasteiger partial charge in [-0.1, -0.05) is 35.5 Å². The van der Waals surface area contributed by atoms with Crippen molar-refractivity contribution in [3.05, 3.63) is 64.6 Å². The maximum atomic E-state index is 12.5. The standard InChI is InChI=1S/C21H19N5O3S/c1-2-26-17-9-8-15(13-16(17)23-24-26)19(27)22-10-11-25-20(28)18(30-21(25)29)12-14-6-4-3-5-7-14/h3-9,12-13H,2,10-11H2,1H3,(H,22,27). The van der Waals surface area contributed by atoms with Gasteiger partial charge in [0.2, 0.25) is 0 Å². The van der Waals surface area contributed by atoms with Crippen molar-refractivity contribution < 1.29 is 14.4 Å². The SMILES string of the molecule is CCn1nnc2cc(C(=O)NCCN3C(=O)SC(=Cc4ccccc4)C3=O)ccc21. The molecule has 8 nitrogen and oxygen atoms in total. The molecule has 0 saturated carbocycles. The van der Waals surface area contributed by atoms with Gasteiger partial charge in [0, 0.05) is 25.2 Å². The number of nitrogens with zero attached hydrogens (tertiary/aromatic N) is 4. The number of carbonyl (C=O) groups is 3. The summed E-state index contributed by atoms with van der Waals surface area (Å²) in [6.07, 6.45) is 1.70. The van der Waals surface area contributed by atoms with Crippen LogP contribution in [0.3, 0.4) is 0 Å². The third kappa shape index (κ3) is 3.97. The molecule has 0 atom stereocenters. The second-order valence-electron chi connectivity index (χ2n) is 6.61. The second kappa shape index (κ2) is 8.50. The van der Waals surface area contributed by atoms with E-state index in [2.05, 4.69) is 15.6 Å². The minimum absolute atomic E-state index is 0.108. The molecule has 0 bridgehead atoms. The Morgan fingerprint density at radius 1 is 1.17 bits per heavy atom. The van der Waals surface area contributed by atoms with E-state index in [0.717, 1.165) is 27.7 Å². The molecule has 1 aliphatic heterocycles. The maximum Gasteiger partial charge on any atom is 0.293 e. The topological polar surface area (TPSA) is 97.2 Å². The van der Waals surface area contributed by atoms with Crippen molar-refractivity contribution in [2.24, 2.45) is 0 Å². The summed E-state index contributed by atoms with van der Waals surface area (Å²) in [6.45, 7) is 2.93. The summed E-state index contributed by atoms with van der Waals surface area (Å²) in [4.78, 5) is 38.7. The van der Waals surface area contributed by atoms with Crippen LogP contribution in [-0.2, 0) is 11.3 Å². The van der Waals surface area contributed by atoms with Crippen LogP contribution in [0.2, 0.25) is 0 Å². The van der Waals surface area contributed by atoms with Crippen molar-refractivity contribution in [2.45, 2.75) is 13.5 Å². The molecule has 0 radical (unpaired) electrons. The average molecular weight is 421 g/mol. The van der Waals surface area contributed by atoms with Crippen LogP contribution in [-0.4, -0.2) is 50.0 Å². The molecule has 1 N–H and O–H groups in total. The summed E-state index contributed by atoms with van der Waals surface area (Å²) < 4.78 is 1.75. The third-order valence-electron chi connectivity index (χ3n) is 4.67. The van der Waals surface area contributed by atoms with Crippen molar-refractivity contribution >= 4 is 45.9 Å². The highest BCUT2D eigenvalue weighted by molar-refractivity contribution is 8.18. The molecule has 1 aromatic heterocycles. The highest BCUT2D eigenvalue weighted by atomic mass is 32.2. The van der Waals surface area contributed by atoms with Crippen molar-refractivity contribution in [2.75, 3.05) is 13.1 Å². The Labute approximate surface area is 176 Å². The molecule has 1 fully saturated rings. The van der Waals surface area contributed by atoms with Gasteiger partial charge in [0.25, 0.3) is 17.1 Å². The van der Waals surface area contributed by atoms with Crippen LogP contribution in [0.15, 0.2) is 53.4 Å². The predicted octanol–water partition coefficient (Wildman–Crippen LogP) is 2.92. The zero-order valence-corrected chi connectivity index (χ0v) is 17.1. The van der Waals surface area contributed by atoms with Crippen LogP contribution >= 0.6 is 11.8 Å². The first-order valence-corrected chi connectivity index (χ1v) is 10.3. The van der Waals surface area contributed by atoms with Gasteiger partial charge in [0.15, 0.2) is 0 Å². The third-order valence-corrected chi connectivity index (χ3v) is 5.57. The van der Waals surface area contributed by atoms with E-state index in [-0.39, 0.29) is 30.1 Å². The van der Waals surface area contributed by atoms with Gasteiger partial charge in [-0.3, -0.25) is 19.3 Å². The lowest BCUT2D eigenvalue weighted by molar-refractivity contribution is -0.122. The quantitative estimate of drug-likeness (QED) is 0.615. The Hall–Kier alpha value is -3.46. The lowest BCUT2D eigenvalue weighted by Gasteiger charge is -2.13. The summed E-state index contributed by atoms with van der Waals surface area (Å²) in [5.74, 6) is -0.643. The normalized spacial score (nSPS) is 15.4. The van der Waals surface area contributed by atoms with Crippen molar-refractivity contribution in [3.63, 3.8) is 0 Å². The molecule has 0 aliphatic carbocycles. The number of hydrogen-bond donors (Lipinski definition) is 1. The fraction of sp³-hybridized carbons (Fsp3) is 0.190. The molecule has 2 heterocycles. The monoisotopic (exact) mass is 421 g/mol. The van der Waals surface area contributed by atoms with Gasteiger partial charge in [-0.2, -0.15) is 0 Å². The van der Waals surface area contributed by atoms with Crippen LogP contribution in [0.1, 0.15) is 22.8 Å². The summed E-state index contributed by atoms with van der Waals surface area (Å²) in [5, 5.41) is 10.5. The second-order valence-corrected chi connectivity index (χ2v) is 7.60. The molecular weight excluding hydrogens is 402 g/mol. The molecule has 4 rings (SSSR count). The van der Waals surface area contributed by atoms with Crippen molar-refractivity contribution in [1.29, 1.82) is 0 Å². The highest BCUT2D eigenvalue weighted by Gasteiger charge is 2.34. The molecule has 0 spiro atoms. The lowest BCUT2D eigenvalue weighted by atomic mass is 10.2. The fourth-order valence-corrected chi connectivity index (χ4v) is 3.99. The molecule has 3 aromatic rings. The Morgan fingerprint density at radius 2 is 1.97 bits per heavy atom. The van der Waals surface area contributed by atoms with Crippen LogP contribution in [0.4, 0.5) is 4.79 Å². The summed E-state index contributed by atoms with van der Waals surface area (Å²) in [6, 6.07) is 14.5. The number of nitrogens with one attached hydrogen (secondary N) is 1. The predicted molar refractivity (Wildman–Crippen MR) is 115 cm³/mol. The molecule has 1 aliphatic rings. The van der Waals surface area contributed by atoms with E-state index in [1.54, 1.807) is 29.0 Å². The van der Waals surface area contributed by atoms with E-state index in [9.17, 15) is 14.4 Å². The number of aryl methyl sites for hydroxylation is 1. The van der Waals surface area contributed by atoms with Gasteiger partial charge in [0.05, 0.1) is 10.4 Å². The van der Waals surface area contributed by atoms with Crippen LogP contribution in [0.5, 0.6) is 0 Å². The first-order valence-electron chi connectivity index (χ1n) is 9.48. The van der Waals surface area contributed by atoms with E-state index >= 15 is 0 Å². The number of amides is 3. The van der Waals surface area contributed by atoms with Crippen molar-refractivity contribution in [1.82, 2.24) is 25.2 Å². The summed E-state index contributed by atoms with van der Waals surface area (Å²) in [5.41, 5.74) is 2.80. The first kappa shape index (κ1) is 19.8. The summed E-state index contributed by atoms with van der Waals surface area (Å²) in [7, 11) is 0. The largest absolute Gasteiger partial charge is 0.350 e. The molecule has 9 heteroatoms. The smallest absolute Gasteiger partial charge is 0.293 e. The van der Waals surface area contributed by atoms with E-state index in [4.69, 9.17) is 0 Å². The van der Waals surface area contributed by atoms with Crippen LogP contribution in [0, 0.1) is 0 Å². The number of rotatable bonds is 6. The number of benzene rings is 2. The van der Waals surface area contributed by atoms with E-state index in [1.807, 2.05) is 37.3 Å². The van der Waals surface area contributed by atoms with E-state index in [1.165, 1.54) is 0 Å². The number of fused-ring (bicyclic) bond motifs is 1. The number of imide groups is 1. The first-order chi connectivity index (χ1) is 14.6. The Kier molecular flexibility index (Phi) is 5.62. The van der Waals surface area contributed by atoms with Gasteiger partial charge < -0.3 is 5.32 Å². The van der Waals surface area contributed by atoms with Gasteiger partial charge in [-0.05, 0) is 48.5 Å². The highest BCUT2D eigenvalue weighted by Crippen LogP contribution is 2.31. The molecule has 152 valence electrons. The van der Waals surface area contributed by atoms with E-state index in [0.29, 0.717) is 22.5 Å². The minimum Gasteiger partial charge on any atom is -0.350 e. The molecule has 30 heavy (non-hydrogen) atoms. The van der Waals surface area contributed by atoms with Crippen molar-refractivity contribution in [3.8, 4) is 0 Å². The Bertz CT molecular complexity index is 1160. The Balaban J connectivity index is 1.37. The lowest BCUT2D eigenvalue weighted by Crippen LogP contribution is -2.37. The van der Waals surface area contributed by atoms with Gasteiger partial charge >= 0.3 is 0 Å². The van der Waals surface area contributed by atoms with E-state index < -0.39 is 0 Å². The fourth-order valence-electron chi connectivity index (χ4n) is 3.12. The zero-order chi connectivity index (χ0) is 21.1. The zero-order valence-electron chi connectivity index (χ0n) is 16.2. The van der Waals surface area contributed by atoms with Gasteiger partial charge in [0.1, 0.15) is 5.52 Å². The minimum atomic E-state index is -0.347. The molecule has 1 saturated heterocycles. The molecular formula is C21H19N5O3S. The number of thioether (sulfide) groups is 1. The molecule has 0 unspecified atom stereocenters. The van der Waals surface area contributed by atoms with Gasteiger partial charge in [-0.15, -0.1) is 5.10 Å². The van der Waals surface area contributed by atoms with Crippen LogP contribution < -0.4 is 5.32 Å². The molecule has 2 aromatic carbocycles. The maximum absolute atomic E-state index is 12.5. The average Bonchev–Trinajstić information content (AvgIpc) is 3.29. The number of carbonyl (C=O) groups excluding carboxylic acids is 3. The van der Waals surface area contributed by atoms with Crippen LogP contribution in [0.25, 0.3) is 17.1 Å². The van der Waals surface area contributed by atoms with Gasteiger partial charge in [-0.25, -0.2) is 4.68 Å². The molecule has 3 amide bonds.